The summed E-state index contributed by atoms with van der Waals surface area (Å²) in [6.07, 6.45) is 0.137. The minimum absolute atomic E-state index is 0. The van der Waals surface area contributed by atoms with Gasteiger partial charge in [-0.2, -0.15) is 0 Å². The fraction of sp³-hybridized carbons (Fsp3) is 0.467. The molecule has 0 atom stereocenters. The molecule has 1 aromatic rings. The van der Waals surface area contributed by atoms with Crippen LogP contribution in [0.2, 0.25) is 0 Å². The highest BCUT2D eigenvalue weighted by atomic mass is 35.5. The number of carbonyl (C=O) groups excluding carboxylic acids is 1. The van der Waals surface area contributed by atoms with Gasteiger partial charge in [-0.1, -0.05) is 30.3 Å². The van der Waals surface area contributed by atoms with Crippen molar-refractivity contribution >= 4 is 24.3 Å². The van der Waals surface area contributed by atoms with Gasteiger partial charge in [0.05, 0.1) is 19.3 Å². The van der Waals surface area contributed by atoms with Gasteiger partial charge in [0, 0.05) is 12.8 Å². The molecular formula is C15H19ClO5. The Kier molecular flexibility index (Phi) is 6.18. The van der Waals surface area contributed by atoms with Gasteiger partial charge in [-0.15, -0.1) is 12.4 Å². The Morgan fingerprint density at radius 2 is 1.90 bits per heavy atom. The van der Waals surface area contributed by atoms with E-state index in [0.717, 1.165) is 5.56 Å². The van der Waals surface area contributed by atoms with Crippen LogP contribution in [0, 0.1) is 5.41 Å². The van der Waals surface area contributed by atoms with Crippen molar-refractivity contribution in [3.63, 3.8) is 0 Å². The SMILES string of the molecule is CCOC(=O)C1(C(=O)O)CC(OCc2ccccc2)C1.Cl. The summed E-state index contributed by atoms with van der Waals surface area (Å²) in [5, 5.41) is 9.23. The molecule has 5 nitrogen and oxygen atoms in total. The van der Waals surface area contributed by atoms with Gasteiger partial charge in [0.2, 0.25) is 0 Å². The summed E-state index contributed by atoms with van der Waals surface area (Å²) >= 11 is 0. The van der Waals surface area contributed by atoms with Crippen molar-refractivity contribution in [2.75, 3.05) is 6.61 Å². The first-order chi connectivity index (χ1) is 9.58. The number of carboxylic acids is 1. The fourth-order valence-corrected chi connectivity index (χ4v) is 2.32. The molecule has 0 radical (unpaired) electrons. The van der Waals surface area contributed by atoms with Crippen molar-refractivity contribution in [3.05, 3.63) is 35.9 Å². The van der Waals surface area contributed by atoms with Gasteiger partial charge in [0.25, 0.3) is 0 Å². The van der Waals surface area contributed by atoms with Crippen molar-refractivity contribution in [2.24, 2.45) is 5.41 Å². The molecule has 0 amide bonds. The molecule has 1 fully saturated rings. The first-order valence-electron chi connectivity index (χ1n) is 6.64. The third kappa shape index (κ3) is 3.74. The lowest BCUT2D eigenvalue weighted by Gasteiger charge is -2.41. The standard InChI is InChI=1S/C15H18O5.ClH/c1-2-19-14(18)15(13(16)17)8-12(9-15)20-10-11-6-4-3-5-7-11;/h3-7,12H,2,8-10H2,1H3,(H,16,17);1H. The van der Waals surface area contributed by atoms with Crippen molar-refractivity contribution < 1.29 is 24.2 Å². The Labute approximate surface area is 129 Å². The number of benzene rings is 1. The molecule has 1 aliphatic carbocycles. The van der Waals surface area contributed by atoms with E-state index in [2.05, 4.69) is 0 Å². The van der Waals surface area contributed by atoms with Gasteiger partial charge >= 0.3 is 11.9 Å². The lowest BCUT2D eigenvalue weighted by atomic mass is 9.66. The number of rotatable bonds is 6. The highest BCUT2D eigenvalue weighted by Gasteiger charge is 2.58. The van der Waals surface area contributed by atoms with Crippen LogP contribution in [0.4, 0.5) is 0 Å². The predicted molar refractivity (Wildman–Crippen MR) is 78.2 cm³/mol. The molecule has 0 spiro atoms. The van der Waals surface area contributed by atoms with Crippen molar-refractivity contribution in [3.8, 4) is 0 Å². The van der Waals surface area contributed by atoms with E-state index >= 15 is 0 Å². The number of carbonyl (C=O) groups is 2. The third-order valence-electron chi connectivity index (χ3n) is 3.56. The second kappa shape index (κ2) is 7.43. The summed E-state index contributed by atoms with van der Waals surface area (Å²) in [6.45, 7) is 2.27. The first kappa shape index (κ1) is 17.5. The van der Waals surface area contributed by atoms with Crippen LogP contribution < -0.4 is 0 Å². The highest BCUT2D eigenvalue weighted by molar-refractivity contribution is 6.00. The van der Waals surface area contributed by atoms with Gasteiger partial charge in [0.15, 0.2) is 5.41 Å². The summed E-state index contributed by atoms with van der Waals surface area (Å²) in [5.74, 6) is -1.79. The van der Waals surface area contributed by atoms with Crippen molar-refractivity contribution in [1.29, 1.82) is 0 Å². The van der Waals surface area contributed by atoms with Crippen molar-refractivity contribution in [2.45, 2.75) is 32.5 Å². The van der Waals surface area contributed by atoms with E-state index in [1.165, 1.54) is 0 Å². The summed E-state index contributed by atoms with van der Waals surface area (Å²) < 4.78 is 10.5. The van der Waals surface area contributed by atoms with Crippen LogP contribution in [0.5, 0.6) is 0 Å². The number of halogens is 1. The number of esters is 1. The lowest BCUT2D eigenvalue weighted by Crippen LogP contribution is -2.53. The normalized spacial score (nSPS) is 23.6. The maximum absolute atomic E-state index is 11.7. The second-order valence-corrected chi connectivity index (χ2v) is 4.93. The van der Waals surface area contributed by atoms with Crippen LogP contribution in [0.1, 0.15) is 25.3 Å². The molecule has 1 aliphatic rings. The van der Waals surface area contributed by atoms with Crippen LogP contribution >= 0.6 is 12.4 Å². The first-order valence-corrected chi connectivity index (χ1v) is 6.64. The van der Waals surface area contributed by atoms with E-state index in [9.17, 15) is 14.7 Å². The smallest absolute Gasteiger partial charge is 0.323 e. The van der Waals surface area contributed by atoms with Crippen LogP contribution in [0.15, 0.2) is 30.3 Å². The zero-order valence-corrected chi connectivity index (χ0v) is 12.6. The number of carboxylic acid groups (broad SMARTS) is 1. The topological polar surface area (TPSA) is 72.8 Å². The molecule has 1 N–H and O–H groups in total. The molecule has 21 heavy (non-hydrogen) atoms. The molecule has 1 aromatic carbocycles. The maximum Gasteiger partial charge on any atom is 0.323 e. The quantitative estimate of drug-likeness (QED) is 0.645. The Balaban J connectivity index is 0.00000220. The van der Waals surface area contributed by atoms with Gasteiger partial charge in [-0.05, 0) is 12.5 Å². The second-order valence-electron chi connectivity index (χ2n) is 4.93. The average molecular weight is 315 g/mol. The highest BCUT2D eigenvalue weighted by Crippen LogP contribution is 2.44. The Morgan fingerprint density at radius 1 is 1.29 bits per heavy atom. The molecule has 0 aliphatic heterocycles. The van der Waals surface area contributed by atoms with E-state index in [1.54, 1.807) is 6.92 Å². The molecule has 0 aromatic heterocycles. The average Bonchev–Trinajstić information content (AvgIpc) is 2.38. The lowest BCUT2D eigenvalue weighted by molar-refractivity contribution is -0.189. The summed E-state index contributed by atoms with van der Waals surface area (Å²) in [7, 11) is 0. The van der Waals surface area contributed by atoms with Crippen LogP contribution in [0.3, 0.4) is 0 Å². The Bertz CT molecular complexity index is 482. The predicted octanol–water partition coefficient (Wildman–Crippen LogP) is 2.42. The Morgan fingerprint density at radius 3 is 2.43 bits per heavy atom. The molecule has 0 heterocycles. The minimum Gasteiger partial charge on any atom is -0.480 e. The number of hydrogen-bond donors (Lipinski definition) is 1. The van der Waals surface area contributed by atoms with E-state index < -0.39 is 17.4 Å². The molecule has 2 rings (SSSR count). The van der Waals surface area contributed by atoms with Gasteiger partial charge < -0.3 is 14.6 Å². The van der Waals surface area contributed by atoms with Gasteiger partial charge in [-0.3, -0.25) is 9.59 Å². The van der Waals surface area contributed by atoms with E-state index in [-0.39, 0.29) is 38.0 Å². The van der Waals surface area contributed by atoms with Crippen LogP contribution in [-0.4, -0.2) is 29.8 Å². The molecular weight excluding hydrogens is 296 g/mol. The van der Waals surface area contributed by atoms with Crippen LogP contribution in [0.25, 0.3) is 0 Å². The van der Waals surface area contributed by atoms with Gasteiger partial charge in [-0.25, -0.2) is 0 Å². The zero-order chi connectivity index (χ0) is 14.6. The largest absolute Gasteiger partial charge is 0.480 e. The minimum atomic E-state index is -1.42. The van der Waals surface area contributed by atoms with E-state index in [1.807, 2.05) is 30.3 Å². The Hall–Kier alpha value is -1.59. The fourth-order valence-electron chi connectivity index (χ4n) is 2.32. The molecule has 0 saturated heterocycles. The van der Waals surface area contributed by atoms with E-state index in [4.69, 9.17) is 9.47 Å². The number of ether oxygens (including phenoxy) is 2. The van der Waals surface area contributed by atoms with Gasteiger partial charge in [0.1, 0.15) is 0 Å². The summed E-state index contributed by atoms with van der Waals surface area (Å²) in [6, 6.07) is 9.63. The third-order valence-corrected chi connectivity index (χ3v) is 3.56. The van der Waals surface area contributed by atoms with Crippen molar-refractivity contribution in [1.82, 2.24) is 0 Å². The number of hydrogen-bond acceptors (Lipinski definition) is 4. The monoisotopic (exact) mass is 314 g/mol. The molecule has 0 bridgehead atoms. The molecule has 1 saturated carbocycles. The van der Waals surface area contributed by atoms with Crippen LogP contribution in [-0.2, 0) is 25.7 Å². The molecule has 116 valence electrons. The maximum atomic E-state index is 11.7. The zero-order valence-electron chi connectivity index (χ0n) is 11.8. The summed E-state index contributed by atoms with van der Waals surface area (Å²) in [5.41, 5.74) is -0.395. The number of aliphatic carboxylic acids is 1. The molecule has 6 heteroatoms. The van der Waals surface area contributed by atoms with E-state index in [0.29, 0.717) is 6.61 Å². The molecule has 0 unspecified atom stereocenters. The summed E-state index contributed by atoms with van der Waals surface area (Å²) in [4.78, 5) is 23.0.